The predicted molar refractivity (Wildman–Crippen MR) is 59.5 cm³/mol. The molecule has 1 heterocycles. The number of azide groups is 1. The SMILES string of the molecule is [N-]=[N+]=Nc1cc(-c2cccc([N+](=O)[O-])c2)n[nH]1. The zero-order chi connectivity index (χ0) is 12.3. The van der Waals surface area contributed by atoms with Gasteiger partial charge in [0.15, 0.2) is 0 Å². The third-order valence-corrected chi connectivity index (χ3v) is 2.07. The number of nitro benzene ring substituents is 1. The fourth-order valence-electron chi connectivity index (χ4n) is 1.34. The summed E-state index contributed by atoms with van der Waals surface area (Å²) in [5.41, 5.74) is 9.28. The molecule has 0 amide bonds. The molecule has 0 saturated carbocycles. The van der Waals surface area contributed by atoms with Crippen LogP contribution < -0.4 is 0 Å². The first kappa shape index (κ1) is 10.7. The summed E-state index contributed by atoms with van der Waals surface area (Å²) < 4.78 is 0. The van der Waals surface area contributed by atoms with Crippen LogP contribution >= 0.6 is 0 Å². The Morgan fingerprint density at radius 1 is 1.47 bits per heavy atom. The van der Waals surface area contributed by atoms with Gasteiger partial charge in [0.25, 0.3) is 5.69 Å². The van der Waals surface area contributed by atoms with Crippen LogP contribution in [0.1, 0.15) is 0 Å². The third-order valence-electron chi connectivity index (χ3n) is 2.07. The summed E-state index contributed by atoms with van der Waals surface area (Å²) in [5.74, 6) is 0.258. The van der Waals surface area contributed by atoms with Crippen molar-refractivity contribution in [3.8, 4) is 11.3 Å². The third kappa shape index (κ3) is 2.21. The van der Waals surface area contributed by atoms with Crippen molar-refractivity contribution in [2.45, 2.75) is 0 Å². The topological polar surface area (TPSA) is 121 Å². The smallest absolute Gasteiger partial charge is 0.270 e. The van der Waals surface area contributed by atoms with Crippen molar-refractivity contribution >= 4 is 11.5 Å². The van der Waals surface area contributed by atoms with Crippen LogP contribution in [0.3, 0.4) is 0 Å². The van der Waals surface area contributed by atoms with Gasteiger partial charge in [0, 0.05) is 22.6 Å². The Kier molecular flexibility index (Phi) is 2.71. The lowest BCUT2D eigenvalue weighted by Gasteiger charge is -1.95. The van der Waals surface area contributed by atoms with Gasteiger partial charge in [0.2, 0.25) is 0 Å². The summed E-state index contributed by atoms with van der Waals surface area (Å²) in [7, 11) is 0. The fourth-order valence-corrected chi connectivity index (χ4v) is 1.34. The molecular formula is C9H6N6O2. The monoisotopic (exact) mass is 230 g/mol. The van der Waals surface area contributed by atoms with Gasteiger partial charge in [-0.2, -0.15) is 5.10 Å². The maximum atomic E-state index is 10.6. The number of H-pyrrole nitrogens is 1. The summed E-state index contributed by atoms with van der Waals surface area (Å²) in [6.07, 6.45) is 0. The number of benzene rings is 1. The molecule has 1 aromatic carbocycles. The van der Waals surface area contributed by atoms with E-state index in [0.29, 0.717) is 11.3 Å². The quantitative estimate of drug-likeness (QED) is 0.286. The average molecular weight is 230 g/mol. The van der Waals surface area contributed by atoms with Gasteiger partial charge in [-0.3, -0.25) is 15.2 Å². The van der Waals surface area contributed by atoms with E-state index in [1.54, 1.807) is 12.1 Å². The van der Waals surface area contributed by atoms with Gasteiger partial charge in [-0.25, -0.2) is 0 Å². The summed E-state index contributed by atoms with van der Waals surface area (Å²) in [5, 5.41) is 20.3. The van der Waals surface area contributed by atoms with E-state index in [2.05, 4.69) is 20.2 Å². The van der Waals surface area contributed by atoms with E-state index < -0.39 is 4.92 Å². The first-order valence-corrected chi connectivity index (χ1v) is 4.56. The van der Waals surface area contributed by atoms with Crippen molar-refractivity contribution in [2.24, 2.45) is 5.11 Å². The maximum absolute atomic E-state index is 10.6. The van der Waals surface area contributed by atoms with Crippen LogP contribution in [0.5, 0.6) is 0 Å². The molecule has 2 rings (SSSR count). The van der Waals surface area contributed by atoms with Crippen molar-refractivity contribution in [1.29, 1.82) is 0 Å². The van der Waals surface area contributed by atoms with E-state index in [1.807, 2.05) is 0 Å². The molecule has 8 nitrogen and oxygen atoms in total. The average Bonchev–Trinajstić information content (AvgIpc) is 2.78. The number of rotatable bonds is 3. The Morgan fingerprint density at radius 3 is 3.00 bits per heavy atom. The molecule has 8 heteroatoms. The normalized spacial score (nSPS) is 9.65. The van der Waals surface area contributed by atoms with Crippen molar-refractivity contribution in [3.05, 3.63) is 50.9 Å². The van der Waals surface area contributed by atoms with Crippen molar-refractivity contribution < 1.29 is 4.92 Å². The van der Waals surface area contributed by atoms with Crippen LogP contribution in [0.15, 0.2) is 35.4 Å². The molecule has 0 aliphatic heterocycles. The highest BCUT2D eigenvalue weighted by molar-refractivity contribution is 5.64. The van der Waals surface area contributed by atoms with E-state index in [9.17, 15) is 10.1 Å². The molecule has 1 N–H and O–H groups in total. The molecule has 17 heavy (non-hydrogen) atoms. The largest absolute Gasteiger partial charge is 0.275 e. The lowest BCUT2D eigenvalue weighted by Crippen LogP contribution is -1.88. The predicted octanol–water partition coefficient (Wildman–Crippen LogP) is 2.93. The number of aromatic nitrogens is 2. The standard InChI is InChI=1S/C9H6N6O2/c10-14-13-9-5-8(11-12-9)6-2-1-3-7(4-6)15(16)17/h1-5H,(H,11,12). The van der Waals surface area contributed by atoms with Gasteiger partial charge in [-0.15, -0.1) is 0 Å². The summed E-state index contributed by atoms with van der Waals surface area (Å²) in [4.78, 5) is 12.7. The highest BCUT2D eigenvalue weighted by Gasteiger charge is 2.09. The fraction of sp³-hybridized carbons (Fsp3) is 0. The molecule has 0 aliphatic carbocycles. The maximum Gasteiger partial charge on any atom is 0.270 e. The van der Waals surface area contributed by atoms with Crippen LogP contribution in [-0.4, -0.2) is 15.1 Å². The molecule has 0 unspecified atom stereocenters. The minimum atomic E-state index is -0.482. The summed E-state index contributed by atoms with van der Waals surface area (Å²) in [6.45, 7) is 0. The number of aromatic amines is 1. The van der Waals surface area contributed by atoms with Crippen LogP contribution in [0.4, 0.5) is 11.5 Å². The van der Waals surface area contributed by atoms with E-state index in [1.165, 1.54) is 18.2 Å². The number of nitrogens with zero attached hydrogens (tertiary/aromatic N) is 5. The number of nitrogens with one attached hydrogen (secondary N) is 1. The molecule has 0 fully saturated rings. The number of hydrogen-bond acceptors (Lipinski definition) is 4. The summed E-state index contributed by atoms with van der Waals surface area (Å²) >= 11 is 0. The van der Waals surface area contributed by atoms with Crippen molar-refractivity contribution in [2.75, 3.05) is 0 Å². The second-order valence-corrected chi connectivity index (χ2v) is 3.14. The van der Waals surface area contributed by atoms with Crippen molar-refractivity contribution in [1.82, 2.24) is 10.2 Å². The van der Waals surface area contributed by atoms with Crippen LogP contribution in [0.2, 0.25) is 0 Å². The molecule has 0 aliphatic rings. The molecule has 2 aromatic rings. The highest BCUT2D eigenvalue weighted by atomic mass is 16.6. The first-order valence-electron chi connectivity index (χ1n) is 4.56. The van der Waals surface area contributed by atoms with Gasteiger partial charge in [-0.1, -0.05) is 12.1 Å². The van der Waals surface area contributed by atoms with Gasteiger partial charge >= 0.3 is 0 Å². The Hall–Kier alpha value is -2.86. The molecule has 0 atom stereocenters. The van der Waals surface area contributed by atoms with E-state index in [0.717, 1.165) is 0 Å². The zero-order valence-corrected chi connectivity index (χ0v) is 8.44. The minimum absolute atomic E-state index is 0.0177. The Balaban J connectivity index is 2.41. The van der Waals surface area contributed by atoms with Gasteiger partial charge in [0.05, 0.1) is 10.6 Å². The number of hydrogen-bond donors (Lipinski definition) is 1. The van der Waals surface area contributed by atoms with E-state index in [-0.39, 0.29) is 11.5 Å². The Labute approximate surface area is 94.7 Å². The number of nitro groups is 1. The second kappa shape index (κ2) is 4.33. The van der Waals surface area contributed by atoms with Crippen molar-refractivity contribution in [3.63, 3.8) is 0 Å². The summed E-state index contributed by atoms with van der Waals surface area (Å²) in [6, 6.07) is 7.55. The Morgan fingerprint density at radius 2 is 2.29 bits per heavy atom. The molecule has 0 radical (unpaired) electrons. The van der Waals surface area contributed by atoms with Crippen LogP contribution in [0.25, 0.3) is 21.7 Å². The molecule has 0 saturated heterocycles. The minimum Gasteiger partial charge on any atom is -0.275 e. The molecular weight excluding hydrogens is 224 g/mol. The lowest BCUT2D eigenvalue weighted by molar-refractivity contribution is -0.384. The highest BCUT2D eigenvalue weighted by Crippen LogP contribution is 2.24. The molecule has 1 aromatic heterocycles. The molecule has 0 bridgehead atoms. The van der Waals surface area contributed by atoms with Crippen LogP contribution in [0, 0.1) is 10.1 Å². The zero-order valence-electron chi connectivity index (χ0n) is 8.44. The van der Waals surface area contributed by atoms with Gasteiger partial charge < -0.3 is 0 Å². The van der Waals surface area contributed by atoms with Gasteiger partial charge in [-0.05, 0) is 16.7 Å². The molecule has 84 valence electrons. The lowest BCUT2D eigenvalue weighted by atomic mass is 10.1. The Bertz CT molecular complexity index is 613. The van der Waals surface area contributed by atoms with Crippen LogP contribution in [-0.2, 0) is 0 Å². The number of non-ortho nitro benzene ring substituents is 1. The second-order valence-electron chi connectivity index (χ2n) is 3.14. The van der Waals surface area contributed by atoms with Gasteiger partial charge in [0.1, 0.15) is 5.82 Å². The molecule has 0 spiro atoms. The first-order chi connectivity index (χ1) is 8.20. The van der Waals surface area contributed by atoms with E-state index >= 15 is 0 Å². The van der Waals surface area contributed by atoms with E-state index in [4.69, 9.17) is 5.53 Å².